The molecule has 0 saturated heterocycles. The smallest absolute Gasteiger partial charge is 0.271 e. The minimum Gasteiger partial charge on any atom is -0.493 e. The number of nitrogens with one attached hydrogen (secondary N) is 3. The Morgan fingerprint density at radius 1 is 1.26 bits per heavy atom. The molecule has 9 nitrogen and oxygen atoms in total. The summed E-state index contributed by atoms with van der Waals surface area (Å²) in [6, 6.07) is 7.26. The first-order chi connectivity index (χ1) is 15.1. The molecule has 0 bridgehead atoms. The summed E-state index contributed by atoms with van der Waals surface area (Å²) < 4.78 is 12.3. The monoisotopic (exact) mass is 442 g/mol. The van der Waals surface area contributed by atoms with Crippen molar-refractivity contribution in [3.63, 3.8) is 0 Å². The fraction of sp³-hybridized carbons (Fsp3) is 0.286. The summed E-state index contributed by atoms with van der Waals surface area (Å²) in [5.41, 5.74) is 3.87. The molecule has 0 aliphatic carbocycles. The number of methoxy groups -OCH3 is 2. The van der Waals surface area contributed by atoms with E-state index in [0.717, 1.165) is 11.3 Å². The molecule has 0 atom stereocenters. The van der Waals surface area contributed by atoms with E-state index in [0.29, 0.717) is 59.8 Å². The van der Waals surface area contributed by atoms with Gasteiger partial charge in [0, 0.05) is 32.0 Å². The van der Waals surface area contributed by atoms with Gasteiger partial charge in [0.1, 0.15) is 11.4 Å². The quantitative estimate of drug-likeness (QED) is 0.460. The van der Waals surface area contributed by atoms with Crippen LogP contribution in [0.4, 0.5) is 17.1 Å². The molecule has 0 saturated carbocycles. The van der Waals surface area contributed by atoms with Crippen LogP contribution in [0.15, 0.2) is 36.7 Å². The highest BCUT2D eigenvalue weighted by atomic mass is 35.5. The lowest BCUT2D eigenvalue weighted by atomic mass is 10.1. The van der Waals surface area contributed by atoms with Crippen LogP contribution in [-0.2, 0) is 11.3 Å². The zero-order valence-corrected chi connectivity index (χ0v) is 18.0. The fourth-order valence-corrected chi connectivity index (χ4v) is 3.75. The van der Waals surface area contributed by atoms with Gasteiger partial charge < -0.3 is 25.4 Å². The van der Waals surface area contributed by atoms with Crippen LogP contribution in [0.3, 0.4) is 0 Å². The standard InChI is InChI=1S/C21H23ClN6O3/c1-30-11-9-24-16-12-23-7-6-13(16)17-18(19-21(29)25-8-10-28(19)27-17)26-15-5-3-4-14(22)20(15)31-2/h3-7,12,24,26H,8-11H2,1-2H3,(H,25,29). The maximum absolute atomic E-state index is 12.7. The van der Waals surface area contributed by atoms with Gasteiger partial charge in [0.15, 0.2) is 5.75 Å². The van der Waals surface area contributed by atoms with Gasteiger partial charge in [-0.1, -0.05) is 17.7 Å². The van der Waals surface area contributed by atoms with Crippen molar-refractivity contribution in [2.24, 2.45) is 0 Å². The van der Waals surface area contributed by atoms with Crippen molar-refractivity contribution >= 4 is 34.6 Å². The van der Waals surface area contributed by atoms with Gasteiger partial charge in [0.05, 0.1) is 48.5 Å². The Balaban J connectivity index is 1.84. The van der Waals surface area contributed by atoms with Crippen LogP contribution >= 0.6 is 11.6 Å². The second-order valence-electron chi connectivity index (χ2n) is 6.84. The third-order valence-corrected chi connectivity index (χ3v) is 5.20. The van der Waals surface area contributed by atoms with Gasteiger partial charge in [-0.25, -0.2) is 0 Å². The lowest BCUT2D eigenvalue weighted by molar-refractivity contribution is 0.0925. The molecule has 0 spiro atoms. The first kappa shape index (κ1) is 21.0. The van der Waals surface area contributed by atoms with Crippen molar-refractivity contribution in [1.29, 1.82) is 0 Å². The number of amides is 1. The van der Waals surface area contributed by atoms with E-state index in [4.69, 9.17) is 26.2 Å². The normalized spacial score (nSPS) is 12.8. The molecular formula is C21H23ClN6O3. The lowest BCUT2D eigenvalue weighted by Crippen LogP contribution is -2.35. The van der Waals surface area contributed by atoms with Crippen molar-refractivity contribution in [2.45, 2.75) is 6.54 Å². The Kier molecular flexibility index (Phi) is 6.24. The maximum atomic E-state index is 12.7. The summed E-state index contributed by atoms with van der Waals surface area (Å²) in [6.07, 6.45) is 3.42. The second kappa shape index (κ2) is 9.23. The van der Waals surface area contributed by atoms with E-state index in [-0.39, 0.29) is 5.91 Å². The van der Waals surface area contributed by atoms with E-state index in [9.17, 15) is 4.79 Å². The largest absolute Gasteiger partial charge is 0.493 e. The minimum atomic E-state index is -0.198. The molecule has 3 heterocycles. The molecule has 0 radical (unpaired) electrons. The van der Waals surface area contributed by atoms with Crippen molar-refractivity contribution < 1.29 is 14.3 Å². The summed E-state index contributed by atoms with van der Waals surface area (Å²) >= 11 is 6.30. The zero-order valence-electron chi connectivity index (χ0n) is 17.2. The number of nitrogens with zero attached hydrogens (tertiary/aromatic N) is 3. The summed E-state index contributed by atoms with van der Waals surface area (Å²) in [5.74, 6) is 0.288. The fourth-order valence-electron chi connectivity index (χ4n) is 3.50. The number of carbonyl (C=O) groups is 1. The van der Waals surface area contributed by atoms with Crippen molar-refractivity contribution in [2.75, 3.05) is 44.5 Å². The Labute approximate surface area is 184 Å². The van der Waals surface area contributed by atoms with Gasteiger partial charge in [-0.05, 0) is 18.2 Å². The molecule has 31 heavy (non-hydrogen) atoms. The average molecular weight is 443 g/mol. The number of fused-ring (bicyclic) bond motifs is 1. The molecular weight excluding hydrogens is 420 g/mol. The first-order valence-electron chi connectivity index (χ1n) is 9.79. The zero-order chi connectivity index (χ0) is 21.8. The number of para-hydroxylation sites is 1. The predicted octanol–water partition coefficient (Wildman–Crippen LogP) is 3.15. The first-order valence-corrected chi connectivity index (χ1v) is 10.2. The van der Waals surface area contributed by atoms with Crippen LogP contribution in [0.1, 0.15) is 10.5 Å². The molecule has 3 N–H and O–H groups in total. The van der Waals surface area contributed by atoms with Crippen molar-refractivity contribution in [3.8, 4) is 17.0 Å². The number of hydrogen-bond acceptors (Lipinski definition) is 7. The SMILES string of the molecule is COCCNc1cnccc1-c1nn2c(c1Nc1cccc(Cl)c1OC)C(=O)NCC2. The predicted molar refractivity (Wildman–Crippen MR) is 119 cm³/mol. The van der Waals surface area contributed by atoms with Crippen LogP contribution in [0, 0.1) is 0 Å². The summed E-state index contributed by atoms with van der Waals surface area (Å²) in [4.78, 5) is 17.0. The van der Waals surface area contributed by atoms with E-state index in [2.05, 4.69) is 20.9 Å². The Bertz CT molecular complexity index is 1100. The Morgan fingerprint density at radius 2 is 2.13 bits per heavy atom. The number of rotatable bonds is 8. The van der Waals surface area contributed by atoms with E-state index < -0.39 is 0 Å². The molecule has 1 aliphatic rings. The number of anilines is 3. The van der Waals surface area contributed by atoms with Gasteiger partial charge in [-0.3, -0.25) is 14.5 Å². The van der Waals surface area contributed by atoms with Crippen LogP contribution in [0.5, 0.6) is 5.75 Å². The third-order valence-electron chi connectivity index (χ3n) is 4.91. The topological polar surface area (TPSA) is 102 Å². The lowest BCUT2D eigenvalue weighted by Gasteiger charge is -2.17. The number of carbonyl (C=O) groups excluding carboxylic acids is 1. The van der Waals surface area contributed by atoms with Crippen LogP contribution in [0.25, 0.3) is 11.3 Å². The highest BCUT2D eigenvalue weighted by Crippen LogP contribution is 2.40. The molecule has 162 valence electrons. The van der Waals surface area contributed by atoms with Crippen LogP contribution in [0.2, 0.25) is 5.02 Å². The molecule has 4 rings (SSSR count). The molecule has 10 heteroatoms. The van der Waals surface area contributed by atoms with Gasteiger partial charge in [0.2, 0.25) is 0 Å². The van der Waals surface area contributed by atoms with E-state index in [1.165, 1.54) is 0 Å². The molecule has 1 aliphatic heterocycles. The molecule has 0 fully saturated rings. The maximum Gasteiger partial charge on any atom is 0.271 e. The van der Waals surface area contributed by atoms with Crippen molar-refractivity contribution in [3.05, 3.63) is 47.4 Å². The average Bonchev–Trinajstić information content (AvgIpc) is 3.14. The molecule has 1 aromatic carbocycles. The number of halogens is 1. The van der Waals surface area contributed by atoms with Gasteiger partial charge >= 0.3 is 0 Å². The van der Waals surface area contributed by atoms with E-state index in [1.807, 2.05) is 18.2 Å². The van der Waals surface area contributed by atoms with Gasteiger partial charge in [-0.2, -0.15) is 5.10 Å². The summed E-state index contributed by atoms with van der Waals surface area (Å²) in [7, 11) is 3.20. The number of aromatic nitrogens is 3. The number of benzene rings is 1. The highest BCUT2D eigenvalue weighted by Gasteiger charge is 2.29. The van der Waals surface area contributed by atoms with Crippen LogP contribution < -0.4 is 20.7 Å². The number of ether oxygens (including phenoxy) is 2. The third kappa shape index (κ3) is 4.14. The van der Waals surface area contributed by atoms with Gasteiger partial charge in [-0.15, -0.1) is 0 Å². The second-order valence-corrected chi connectivity index (χ2v) is 7.24. The summed E-state index contributed by atoms with van der Waals surface area (Å²) in [5, 5.41) is 14.8. The Hall–Kier alpha value is -3.30. The van der Waals surface area contributed by atoms with Crippen molar-refractivity contribution in [1.82, 2.24) is 20.1 Å². The molecule has 0 unspecified atom stereocenters. The summed E-state index contributed by atoms with van der Waals surface area (Å²) in [6.45, 7) is 2.23. The Morgan fingerprint density at radius 3 is 2.94 bits per heavy atom. The minimum absolute atomic E-state index is 0.198. The highest BCUT2D eigenvalue weighted by molar-refractivity contribution is 6.32. The van der Waals surface area contributed by atoms with E-state index >= 15 is 0 Å². The number of pyridine rings is 1. The van der Waals surface area contributed by atoms with E-state index in [1.54, 1.807) is 37.4 Å². The molecule has 2 aromatic heterocycles. The van der Waals surface area contributed by atoms with Crippen LogP contribution in [-0.4, -0.2) is 54.6 Å². The molecule has 1 amide bonds. The molecule has 3 aromatic rings. The van der Waals surface area contributed by atoms with Gasteiger partial charge in [0.25, 0.3) is 5.91 Å². The number of hydrogen-bond donors (Lipinski definition) is 3.